The van der Waals surface area contributed by atoms with Crippen molar-refractivity contribution in [2.24, 2.45) is 5.92 Å². The van der Waals surface area contributed by atoms with Crippen LogP contribution >= 0.6 is 34.7 Å². The number of aromatic amines is 1. The number of carbonyl (C=O) groups excluding carboxylic acids is 3. The molecular formula is C28H23ClF3N3O5S2. The largest absolute Gasteiger partial charge is 0.483 e. The Kier molecular flexibility index (Phi) is 7.60. The van der Waals surface area contributed by atoms with Gasteiger partial charge in [0.2, 0.25) is 11.8 Å². The van der Waals surface area contributed by atoms with E-state index in [0.29, 0.717) is 33.5 Å². The Morgan fingerprint density at radius 1 is 1.05 bits per heavy atom. The predicted molar refractivity (Wildman–Crippen MR) is 151 cm³/mol. The van der Waals surface area contributed by atoms with Crippen molar-refractivity contribution < 1.29 is 32.3 Å². The van der Waals surface area contributed by atoms with Gasteiger partial charge in [0.1, 0.15) is 11.0 Å². The maximum Gasteiger partial charge on any atom is 0.418 e. The van der Waals surface area contributed by atoms with E-state index in [2.05, 4.69) is 4.98 Å². The van der Waals surface area contributed by atoms with E-state index in [4.69, 9.17) is 16.3 Å². The van der Waals surface area contributed by atoms with Crippen molar-refractivity contribution in [1.82, 2.24) is 9.88 Å². The van der Waals surface area contributed by atoms with E-state index in [1.165, 1.54) is 18.2 Å². The number of carbonyl (C=O) groups is 3. The average Bonchev–Trinajstić information content (AvgIpc) is 3.46. The fourth-order valence-corrected chi connectivity index (χ4v) is 8.45. The van der Waals surface area contributed by atoms with E-state index in [-0.39, 0.29) is 23.3 Å². The number of benzene rings is 2. The van der Waals surface area contributed by atoms with Crippen molar-refractivity contribution in [3.63, 3.8) is 0 Å². The summed E-state index contributed by atoms with van der Waals surface area (Å²) in [5, 5.41) is -0.503. The van der Waals surface area contributed by atoms with Crippen LogP contribution in [0.15, 0.2) is 52.3 Å². The summed E-state index contributed by atoms with van der Waals surface area (Å²) in [7, 11) is 0. The van der Waals surface area contributed by atoms with Crippen LogP contribution in [0, 0.1) is 5.92 Å². The number of amides is 3. The van der Waals surface area contributed by atoms with Gasteiger partial charge < -0.3 is 14.6 Å². The van der Waals surface area contributed by atoms with E-state index in [1.807, 2.05) is 0 Å². The van der Waals surface area contributed by atoms with Crippen LogP contribution < -0.4 is 14.5 Å². The first-order chi connectivity index (χ1) is 20.0. The number of anilines is 1. The molecule has 0 radical (unpaired) electrons. The third kappa shape index (κ3) is 5.11. The molecule has 8 nitrogen and oxygen atoms in total. The summed E-state index contributed by atoms with van der Waals surface area (Å²) < 4.78 is 47.7. The molecule has 42 heavy (non-hydrogen) atoms. The van der Waals surface area contributed by atoms with Gasteiger partial charge in [0.25, 0.3) is 5.91 Å². The van der Waals surface area contributed by atoms with Gasteiger partial charge >= 0.3 is 11.0 Å². The molecule has 0 spiro atoms. The first kappa shape index (κ1) is 28.8. The lowest BCUT2D eigenvalue weighted by atomic mass is 9.82. The molecule has 3 amide bonds. The smallest absolute Gasteiger partial charge is 0.418 e. The number of likely N-dealkylation sites (tertiary alicyclic amines) is 1. The molecular weight excluding hydrogens is 615 g/mol. The number of thioether (sulfide) groups is 1. The number of rotatable bonds is 5. The van der Waals surface area contributed by atoms with Gasteiger partial charge in [-0.05, 0) is 49.6 Å². The van der Waals surface area contributed by atoms with Gasteiger partial charge in [-0.3, -0.25) is 19.2 Å². The molecule has 2 saturated heterocycles. The average molecular weight is 638 g/mol. The van der Waals surface area contributed by atoms with Gasteiger partial charge in [-0.2, -0.15) is 13.2 Å². The number of para-hydroxylation sites is 1. The molecule has 3 aliphatic heterocycles. The molecule has 0 bridgehead atoms. The van der Waals surface area contributed by atoms with E-state index >= 15 is 0 Å². The summed E-state index contributed by atoms with van der Waals surface area (Å²) in [4.78, 5) is 58.0. The number of hydrogen-bond donors (Lipinski definition) is 1. The number of aromatic nitrogens is 1. The summed E-state index contributed by atoms with van der Waals surface area (Å²) in [6, 6.07) is 9.06. The highest BCUT2D eigenvalue weighted by molar-refractivity contribution is 8.00. The molecule has 2 fully saturated rings. The van der Waals surface area contributed by atoms with Gasteiger partial charge in [0.15, 0.2) is 6.61 Å². The zero-order valence-corrected chi connectivity index (χ0v) is 24.2. The minimum absolute atomic E-state index is 0.207. The summed E-state index contributed by atoms with van der Waals surface area (Å²) in [5.41, 5.74) is -1.31. The van der Waals surface area contributed by atoms with Gasteiger partial charge in [-0.1, -0.05) is 46.8 Å². The van der Waals surface area contributed by atoms with Crippen molar-refractivity contribution in [3.05, 3.63) is 73.2 Å². The number of imide groups is 1. The second-order valence-electron chi connectivity index (χ2n) is 10.2. The molecule has 0 unspecified atom stereocenters. The molecule has 3 aromatic rings. The molecule has 2 aromatic carbocycles. The van der Waals surface area contributed by atoms with E-state index in [1.54, 1.807) is 17.0 Å². The van der Waals surface area contributed by atoms with Crippen molar-refractivity contribution in [3.8, 4) is 5.75 Å². The highest BCUT2D eigenvalue weighted by Crippen LogP contribution is 2.55. The minimum atomic E-state index is -4.81. The number of nitrogens with zero attached hydrogens (tertiary/aromatic N) is 2. The molecule has 3 atom stereocenters. The predicted octanol–water partition coefficient (Wildman–Crippen LogP) is 5.30. The van der Waals surface area contributed by atoms with Crippen LogP contribution in [0.25, 0.3) is 0 Å². The minimum Gasteiger partial charge on any atom is -0.483 e. The van der Waals surface area contributed by atoms with Crippen LogP contribution in [0.3, 0.4) is 0 Å². The molecule has 4 heterocycles. The second kappa shape index (κ2) is 11.1. The number of nitrogens with one attached hydrogen (secondary N) is 1. The van der Waals surface area contributed by atoms with Crippen LogP contribution in [0.1, 0.15) is 41.2 Å². The normalized spacial score (nSPS) is 22.2. The third-order valence-corrected chi connectivity index (χ3v) is 10.3. The summed E-state index contributed by atoms with van der Waals surface area (Å²) in [6.07, 6.45) is -1.95. The number of hydrogen-bond acceptors (Lipinski definition) is 7. The molecule has 1 N–H and O–H groups in total. The lowest BCUT2D eigenvalue weighted by Crippen LogP contribution is -2.38. The third-order valence-electron chi connectivity index (χ3n) is 7.64. The maximum atomic E-state index is 14.0. The van der Waals surface area contributed by atoms with Gasteiger partial charge in [0, 0.05) is 34.5 Å². The van der Waals surface area contributed by atoms with Crippen LogP contribution in [-0.4, -0.2) is 52.6 Å². The first-order valence-corrected chi connectivity index (χ1v) is 15.3. The monoisotopic (exact) mass is 637 g/mol. The van der Waals surface area contributed by atoms with Crippen LogP contribution in [0.2, 0.25) is 5.02 Å². The fourth-order valence-electron chi connectivity index (χ4n) is 5.77. The van der Waals surface area contributed by atoms with Crippen LogP contribution in [-0.2, 0) is 20.6 Å². The lowest BCUT2D eigenvalue weighted by Gasteiger charge is -2.31. The number of halogens is 4. The molecule has 0 aliphatic carbocycles. The van der Waals surface area contributed by atoms with Crippen LogP contribution in [0.4, 0.5) is 18.9 Å². The molecule has 1 aromatic heterocycles. The number of alkyl halides is 3. The van der Waals surface area contributed by atoms with Gasteiger partial charge in [0.05, 0.1) is 22.2 Å². The molecule has 3 aliphatic rings. The second-order valence-corrected chi connectivity index (χ2v) is 12.8. The van der Waals surface area contributed by atoms with Gasteiger partial charge in [-0.15, -0.1) is 0 Å². The standard InChI is InChI=1S/C28H23ClF3N3O5S2/c29-14-8-9-18(40-13-19(36)34-10-4-1-5-11-34)15(12-14)20-21-23(41-24-22(20)42-27(39)33-24)26(38)35(25(21)37)17-7-3-2-6-16(17)28(30,31)32/h2-3,6-9,12,20-21,23H,1,4-5,10-11,13H2,(H,33,39)/t20-,21-,23+/m0/s1. The summed E-state index contributed by atoms with van der Waals surface area (Å²) in [6.45, 7) is 0.982. The first-order valence-electron chi connectivity index (χ1n) is 13.2. The van der Waals surface area contributed by atoms with E-state index in [9.17, 15) is 32.3 Å². The SMILES string of the molecule is O=C(COc1ccc(Cl)cc1[C@@H]1c2sc(=O)[nH]c2S[C@H]2C(=O)N(c3ccccc3C(F)(F)F)C(=O)[C@@H]12)N1CCCCC1. The highest BCUT2D eigenvalue weighted by atomic mass is 35.5. The Labute approximate surface area is 250 Å². The van der Waals surface area contributed by atoms with Gasteiger partial charge in [-0.25, -0.2) is 4.90 Å². The van der Waals surface area contributed by atoms with Crippen molar-refractivity contribution >= 4 is 58.1 Å². The molecule has 6 rings (SSSR count). The summed E-state index contributed by atoms with van der Waals surface area (Å²) >= 11 is 8.16. The van der Waals surface area contributed by atoms with Crippen molar-refractivity contribution in [2.75, 3.05) is 24.6 Å². The van der Waals surface area contributed by atoms with E-state index in [0.717, 1.165) is 54.5 Å². The molecule has 14 heteroatoms. The quantitative estimate of drug-likeness (QED) is 0.382. The Hall–Kier alpha value is -3.29. The Bertz CT molecular complexity index is 1640. The lowest BCUT2D eigenvalue weighted by molar-refractivity contribution is -0.137. The molecule has 220 valence electrons. The van der Waals surface area contributed by atoms with E-state index < -0.39 is 51.2 Å². The number of ether oxygens (including phenoxy) is 1. The molecule has 0 saturated carbocycles. The number of piperidine rings is 1. The Balaban J connectivity index is 1.41. The van der Waals surface area contributed by atoms with Crippen LogP contribution in [0.5, 0.6) is 5.75 Å². The fraction of sp³-hybridized carbons (Fsp3) is 0.357. The maximum absolute atomic E-state index is 14.0. The number of fused-ring (bicyclic) bond motifs is 2. The van der Waals surface area contributed by atoms with Crippen molar-refractivity contribution in [2.45, 2.75) is 41.6 Å². The zero-order valence-electron chi connectivity index (χ0n) is 21.8. The highest BCUT2D eigenvalue weighted by Gasteiger charge is 2.57. The topological polar surface area (TPSA) is 99.8 Å². The number of thiazole rings is 1. The Morgan fingerprint density at radius 3 is 2.52 bits per heavy atom. The Morgan fingerprint density at radius 2 is 1.79 bits per heavy atom. The van der Waals surface area contributed by atoms with Crippen molar-refractivity contribution in [1.29, 1.82) is 0 Å². The number of H-pyrrole nitrogens is 1. The summed E-state index contributed by atoms with van der Waals surface area (Å²) in [5.74, 6) is -3.75. The zero-order chi connectivity index (χ0) is 29.8.